The maximum Gasteiger partial charge on any atom is 0.305 e. The number of ether oxygens (including phenoxy) is 4. The van der Waals surface area contributed by atoms with Crippen LogP contribution in [0.3, 0.4) is 0 Å². The number of carboxylic acids is 2. The third kappa shape index (κ3) is 21.5. The van der Waals surface area contributed by atoms with E-state index in [-0.39, 0.29) is 26.1 Å². The smallest absolute Gasteiger partial charge is 0.305 e. The maximum atomic E-state index is 10.2. The van der Waals surface area contributed by atoms with Gasteiger partial charge in [0.15, 0.2) is 0 Å². The van der Waals surface area contributed by atoms with E-state index in [9.17, 15) is 9.59 Å². The largest absolute Gasteiger partial charge is 0.481 e. The molecular weight excluding hydrogens is 360 g/mol. The van der Waals surface area contributed by atoms with Crippen molar-refractivity contribution < 1.29 is 38.7 Å². The van der Waals surface area contributed by atoms with Crippen LogP contribution in [0.25, 0.3) is 0 Å². The second-order valence-electron chi connectivity index (χ2n) is 4.38. The van der Waals surface area contributed by atoms with Crippen LogP contribution in [0.2, 0.25) is 0 Å². The van der Waals surface area contributed by atoms with Gasteiger partial charge in [0.2, 0.25) is 0 Å². The van der Waals surface area contributed by atoms with Gasteiger partial charge in [0, 0.05) is 11.5 Å². The minimum atomic E-state index is -0.862. The molecule has 0 aliphatic carbocycles. The molecule has 0 saturated carbocycles. The number of hydrogen-bond donors (Lipinski definition) is 2. The summed E-state index contributed by atoms with van der Waals surface area (Å²) in [4.78, 5) is 20.5. The molecule has 0 aromatic rings. The first-order valence-corrected chi connectivity index (χ1v) is 10.1. The van der Waals surface area contributed by atoms with Crippen LogP contribution >= 0.6 is 21.6 Å². The molecule has 24 heavy (non-hydrogen) atoms. The molecule has 0 unspecified atom stereocenters. The Morgan fingerprint density at radius 2 is 0.917 bits per heavy atom. The van der Waals surface area contributed by atoms with Gasteiger partial charge < -0.3 is 29.2 Å². The molecule has 0 aromatic heterocycles. The summed E-state index contributed by atoms with van der Waals surface area (Å²) in [6, 6.07) is 0. The maximum absolute atomic E-state index is 10.2. The molecule has 0 radical (unpaired) electrons. The lowest BCUT2D eigenvalue weighted by molar-refractivity contribution is -0.139. The van der Waals surface area contributed by atoms with Crippen molar-refractivity contribution in [1.82, 2.24) is 0 Å². The fourth-order valence-electron chi connectivity index (χ4n) is 1.27. The van der Waals surface area contributed by atoms with Crippen molar-refractivity contribution in [2.45, 2.75) is 12.8 Å². The molecule has 0 heterocycles. The molecular formula is C14H26O8S2. The van der Waals surface area contributed by atoms with Crippen LogP contribution < -0.4 is 0 Å². The van der Waals surface area contributed by atoms with Crippen molar-refractivity contribution >= 4 is 33.5 Å². The summed E-state index contributed by atoms with van der Waals surface area (Å²) < 4.78 is 20.9. The fourth-order valence-corrected chi connectivity index (χ4v) is 2.99. The predicted octanol–water partition coefficient (Wildman–Crippen LogP) is 1.38. The fraction of sp³-hybridized carbons (Fsp3) is 0.857. The quantitative estimate of drug-likeness (QED) is 0.249. The van der Waals surface area contributed by atoms with Crippen LogP contribution in [-0.2, 0) is 28.5 Å². The zero-order chi connectivity index (χ0) is 17.9. The highest BCUT2D eigenvalue weighted by Gasteiger charge is 1.98. The highest BCUT2D eigenvalue weighted by atomic mass is 33.1. The summed E-state index contributed by atoms with van der Waals surface area (Å²) >= 11 is 0. The number of carboxylic acid groups (broad SMARTS) is 2. The predicted molar refractivity (Wildman–Crippen MR) is 92.7 cm³/mol. The molecule has 0 saturated heterocycles. The Labute approximate surface area is 149 Å². The first-order chi connectivity index (χ1) is 11.6. The van der Waals surface area contributed by atoms with E-state index in [0.29, 0.717) is 39.6 Å². The van der Waals surface area contributed by atoms with Gasteiger partial charge >= 0.3 is 11.9 Å². The van der Waals surface area contributed by atoms with E-state index in [2.05, 4.69) is 0 Å². The molecule has 142 valence electrons. The number of rotatable bonds is 19. The zero-order valence-corrected chi connectivity index (χ0v) is 15.3. The normalized spacial score (nSPS) is 10.8. The van der Waals surface area contributed by atoms with E-state index < -0.39 is 11.9 Å². The molecule has 0 spiro atoms. The van der Waals surface area contributed by atoms with Crippen molar-refractivity contribution in [3.63, 3.8) is 0 Å². The van der Waals surface area contributed by atoms with Crippen LogP contribution in [0.5, 0.6) is 0 Å². The van der Waals surface area contributed by atoms with Crippen molar-refractivity contribution in [1.29, 1.82) is 0 Å². The SMILES string of the molecule is O=C(O)CCOCCOCCSSCCOCCOCCC(=O)O. The van der Waals surface area contributed by atoms with Crippen LogP contribution in [0.1, 0.15) is 12.8 Å². The third-order valence-corrected chi connectivity index (χ3v) is 4.70. The Morgan fingerprint density at radius 3 is 1.25 bits per heavy atom. The van der Waals surface area contributed by atoms with Gasteiger partial charge in [-0.15, -0.1) is 0 Å². The van der Waals surface area contributed by atoms with Crippen LogP contribution in [-0.4, -0.2) is 86.5 Å². The first-order valence-electron chi connectivity index (χ1n) is 7.62. The number of hydrogen-bond acceptors (Lipinski definition) is 8. The second kappa shape index (κ2) is 18.8. The lowest BCUT2D eigenvalue weighted by Gasteiger charge is -2.06. The van der Waals surface area contributed by atoms with E-state index >= 15 is 0 Å². The summed E-state index contributed by atoms with van der Waals surface area (Å²) in [5.74, 6) is -0.00557. The van der Waals surface area contributed by atoms with E-state index in [1.807, 2.05) is 0 Å². The molecule has 0 atom stereocenters. The zero-order valence-electron chi connectivity index (χ0n) is 13.6. The van der Waals surface area contributed by atoms with E-state index in [4.69, 9.17) is 29.2 Å². The average Bonchev–Trinajstić information content (AvgIpc) is 2.53. The van der Waals surface area contributed by atoms with Gasteiger partial charge in [0.1, 0.15) is 0 Å². The topological polar surface area (TPSA) is 112 Å². The Kier molecular flexibility index (Phi) is 18.4. The molecule has 0 bridgehead atoms. The Bertz CT molecular complexity index is 287. The molecule has 0 rings (SSSR count). The second-order valence-corrected chi connectivity index (χ2v) is 7.08. The van der Waals surface area contributed by atoms with Gasteiger partial charge in [-0.05, 0) is 0 Å². The van der Waals surface area contributed by atoms with Gasteiger partial charge in [-0.25, -0.2) is 0 Å². The summed E-state index contributed by atoms with van der Waals surface area (Å²) in [6.07, 6.45) is 0.0338. The Hall–Kier alpha value is -0.520. The number of carbonyl (C=O) groups is 2. The number of aliphatic carboxylic acids is 2. The summed E-state index contributed by atoms with van der Waals surface area (Å²) in [5, 5.41) is 16.8. The van der Waals surface area contributed by atoms with Gasteiger partial charge in [-0.2, -0.15) is 0 Å². The van der Waals surface area contributed by atoms with Gasteiger partial charge in [0.05, 0.1) is 65.7 Å². The minimum absolute atomic E-state index is 0.0169. The summed E-state index contributed by atoms with van der Waals surface area (Å²) in [5.41, 5.74) is 0. The lowest BCUT2D eigenvalue weighted by atomic mass is 10.5. The molecule has 0 aliphatic heterocycles. The minimum Gasteiger partial charge on any atom is -0.481 e. The van der Waals surface area contributed by atoms with Gasteiger partial charge in [0.25, 0.3) is 0 Å². The lowest BCUT2D eigenvalue weighted by Crippen LogP contribution is -2.09. The third-order valence-electron chi connectivity index (χ3n) is 2.37. The average molecular weight is 386 g/mol. The molecule has 0 fully saturated rings. The van der Waals surface area contributed by atoms with Crippen LogP contribution in [0.4, 0.5) is 0 Å². The monoisotopic (exact) mass is 386 g/mol. The highest BCUT2D eigenvalue weighted by Crippen LogP contribution is 2.20. The molecule has 10 heteroatoms. The Morgan fingerprint density at radius 1 is 0.583 bits per heavy atom. The van der Waals surface area contributed by atoms with E-state index in [1.165, 1.54) is 0 Å². The van der Waals surface area contributed by atoms with Crippen molar-refractivity contribution in [2.75, 3.05) is 64.4 Å². The molecule has 0 aliphatic rings. The summed E-state index contributed by atoms with van der Waals surface area (Å²) in [6.45, 7) is 3.44. The van der Waals surface area contributed by atoms with Crippen molar-refractivity contribution in [3.05, 3.63) is 0 Å². The van der Waals surface area contributed by atoms with Crippen LogP contribution in [0.15, 0.2) is 0 Å². The van der Waals surface area contributed by atoms with E-state index in [1.54, 1.807) is 21.6 Å². The van der Waals surface area contributed by atoms with Crippen molar-refractivity contribution in [2.24, 2.45) is 0 Å². The molecule has 2 N–H and O–H groups in total. The first kappa shape index (κ1) is 23.5. The van der Waals surface area contributed by atoms with E-state index in [0.717, 1.165) is 11.5 Å². The standard InChI is InChI=1S/C14H26O8S2/c15-13(16)1-3-19-5-7-21-9-11-23-24-12-10-22-8-6-20-4-2-14(17)18/h1-12H2,(H,15,16)(H,17,18). The van der Waals surface area contributed by atoms with Crippen LogP contribution in [0, 0.1) is 0 Å². The highest BCUT2D eigenvalue weighted by molar-refractivity contribution is 8.76. The molecule has 0 amide bonds. The Balaban J connectivity index is 3.00. The van der Waals surface area contributed by atoms with Gasteiger partial charge in [-0.3, -0.25) is 9.59 Å². The van der Waals surface area contributed by atoms with Crippen molar-refractivity contribution in [3.8, 4) is 0 Å². The van der Waals surface area contributed by atoms with Gasteiger partial charge in [-0.1, -0.05) is 21.6 Å². The molecule has 0 aromatic carbocycles. The summed E-state index contributed by atoms with van der Waals surface area (Å²) in [7, 11) is 3.39. The molecule has 8 nitrogen and oxygen atoms in total.